The third-order valence-corrected chi connectivity index (χ3v) is 14.0. The van der Waals surface area contributed by atoms with Crippen molar-refractivity contribution >= 4 is 33.2 Å². The molecule has 0 saturated heterocycles. The predicted molar refractivity (Wildman–Crippen MR) is 270 cm³/mol. The maximum Gasteiger partial charge on any atom is 0.0554 e. The van der Waals surface area contributed by atoms with Crippen LogP contribution in [0.4, 0.5) is 11.4 Å². The minimum atomic E-state index is -0.380. The van der Waals surface area contributed by atoms with E-state index in [0.717, 1.165) is 29.0 Å². The van der Waals surface area contributed by atoms with Crippen LogP contribution in [0, 0.1) is 5.41 Å². The first-order valence-corrected chi connectivity index (χ1v) is 22.4. The normalized spacial score (nSPS) is 17.4. The highest BCUT2D eigenvalue weighted by molar-refractivity contribution is 6.10. The highest BCUT2D eigenvalue weighted by Gasteiger charge is 2.55. The van der Waals surface area contributed by atoms with Gasteiger partial charge in [0, 0.05) is 38.8 Å². The van der Waals surface area contributed by atoms with Crippen LogP contribution >= 0.6 is 0 Å². The highest BCUT2D eigenvalue weighted by Crippen LogP contribution is 2.63. The largest absolute Gasteiger partial charge is 0.355 e. The molecule has 304 valence electrons. The number of hydrogen-bond acceptors (Lipinski definition) is 1. The molecule has 2 aliphatic rings. The van der Waals surface area contributed by atoms with E-state index in [1.54, 1.807) is 0 Å². The molecule has 0 radical (unpaired) electrons. The molecule has 1 N–H and O–H groups in total. The first kappa shape index (κ1) is 37.8. The second kappa shape index (κ2) is 15.1. The second-order valence-electron chi connectivity index (χ2n) is 17.6. The van der Waals surface area contributed by atoms with E-state index in [2.05, 4.69) is 260 Å². The maximum absolute atomic E-state index is 3.90. The number of benzene rings is 9. The summed E-state index contributed by atoms with van der Waals surface area (Å²) in [7, 11) is 0. The van der Waals surface area contributed by atoms with E-state index in [1.165, 1.54) is 77.4 Å². The lowest BCUT2D eigenvalue weighted by Gasteiger charge is -2.47. The van der Waals surface area contributed by atoms with Crippen molar-refractivity contribution in [2.24, 2.45) is 5.41 Å². The zero-order valence-electron chi connectivity index (χ0n) is 35.7. The van der Waals surface area contributed by atoms with Crippen molar-refractivity contribution in [2.75, 3.05) is 5.32 Å². The molecule has 2 heteroatoms. The zero-order chi connectivity index (χ0) is 42.7. The van der Waals surface area contributed by atoms with E-state index in [9.17, 15) is 0 Å². The predicted octanol–water partition coefficient (Wildman–Crippen LogP) is 16.4. The fourth-order valence-corrected chi connectivity index (χ4v) is 11.0. The Morgan fingerprint density at radius 1 is 0.438 bits per heavy atom. The number of rotatable bonds is 8. The van der Waals surface area contributed by atoms with Gasteiger partial charge in [-0.15, -0.1) is 0 Å². The molecule has 1 heterocycles. The van der Waals surface area contributed by atoms with Crippen LogP contribution in [0.3, 0.4) is 0 Å². The summed E-state index contributed by atoms with van der Waals surface area (Å²) in [5.41, 5.74) is 18.8. The molecule has 2 nitrogen and oxygen atoms in total. The molecule has 64 heavy (non-hydrogen) atoms. The Kier molecular flexibility index (Phi) is 8.95. The van der Waals surface area contributed by atoms with E-state index in [-0.39, 0.29) is 10.8 Å². The molecule has 0 amide bonds. The molecule has 2 aliphatic carbocycles. The minimum Gasteiger partial charge on any atom is -0.355 e. The van der Waals surface area contributed by atoms with Gasteiger partial charge in [-0.25, -0.2) is 0 Å². The summed E-state index contributed by atoms with van der Waals surface area (Å²) < 4.78 is 2.38. The van der Waals surface area contributed by atoms with Crippen molar-refractivity contribution in [3.63, 3.8) is 0 Å². The molecule has 12 rings (SSSR count). The van der Waals surface area contributed by atoms with Crippen molar-refractivity contribution in [3.8, 4) is 50.2 Å². The second-order valence-corrected chi connectivity index (χ2v) is 17.6. The van der Waals surface area contributed by atoms with E-state index >= 15 is 0 Å². The fourth-order valence-electron chi connectivity index (χ4n) is 11.0. The Bertz CT molecular complexity index is 3450. The van der Waals surface area contributed by atoms with Crippen molar-refractivity contribution in [3.05, 3.63) is 259 Å². The summed E-state index contributed by atoms with van der Waals surface area (Å²) in [5.74, 6) is 0. The molecule has 0 fully saturated rings. The number of allylic oxidation sites excluding steroid dienone is 4. The van der Waals surface area contributed by atoms with Crippen LogP contribution in [-0.2, 0) is 5.41 Å². The molecular formula is C62H46N2. The number of aromatic nitrogens is 1. The smallest absolute Gasteiger partial charge is 0.0554 e. The molecule has 2 atom stereocenters. The molecular weight excluding hydrogens is 773 g/mol. The third-order valence-electron chi connectivity index (χ3n) is 14.0. The van der Waals surface area contributed by atoms with Crippen LogP contribution in [0.25, 0.3) is 72.0 Å². The van der Waals surface area contributed by atoms with E-state index in [1.807, 2.05) is 0 Å². The van der Waals surface area contributed by atoms with Crippen LogP contribution in [-0.4, -0.2) is 4.57 Å². The molecule has 1 aromatic heterocycles. The Labute approximate surface area is 375 Å². The molecule has 2 unspecified atom stereocenters. The van der Waals surface area contributed by atoms with Crippen LogP contribution < -0.4 is 5.32 Å². The first-order valence-electron chi connectivity index (χ1n) is 22.4. The monoisotopic (exact) mass is 818 g/mol. The maximum atomic E-state index is 3.90. The molecule has 0 bridgehead atoms. The topological polar surface area (TPSA) is 17.0 Å². The summed E-state index contributed by atoms with van der Waals surface area (Å²) in [4.78, 5) is 0. The van der Waals surface area contributed by atoms with Gasteiger partial charge in [-0.3, -0.25) is 0 Å². The number of anilines is 2. The SMILES string of the molecule is CC1(C2(c3ccccc3)c3ccccc3-c3cc(-c4cc(-c5ccc6c(c5)c5ccccc5n6-c5ccccc5)ccc4Nc4cccc(-c5ccccc5)c4)ccc32)C=CC=CC1. The Hall–Kier alpha value is -7.94. The third kappa shape index (κ3) is 5.94. The van der Waals surface area contributed by atoms with Gasteiger partial charge in [0.25, 0.3) is 0 Å². The molecule has 9 aromatic carbocycles. The quantitative estimate of drug-likeness (QED) is 0.162. The van der Waals surface area contributed by atoms with E-state index < -0.39 is 0 Å². The molecule has 0 saturated carbocycles. The lowest BCUT2D eigenvalue weighted by atomic mass is 9.54. The van der Waals surface area contributed by atoms with Gasteiger partial charge in [0.15, 0.2) is 0 Å². The van der Waals surface area contributed by atoms with Crippen LogP contribution in [0.15, 0.2) is 243 Å². The average Bonchev–Trinajstić information content (AvgIpc) is 3.86. The lowest BCUT2D eigenvalue weighted by Crippen LogP contribution is -2.43. The van der Waals surface area contributed by atoms with Crippen molar-refractivity contribution in [1.29, 1.82) is 0 Å². The van der Waals surface area contributed by atoms with Gasteiger partial charge in [-0.2, -0.15) is 0 Å². The number of fused-ring (bicyclic) bond motifs is 6. The standard InChI is InChI=1S/C62H46N2/c1-61(37-16-5-17-38-61)62(48-22-8-3-9-23-48)56-29-14-12-27-51(56)54-42-47(31-34-57(54)62)53-40-45(32-35-58(53)63-49-24-18-21-44(39-49)43-19-6-2-7-20-43)46-33-36-60-55(41-46)52-28-13-15-30-59(52)64(60)50-25-10-4-11-26-50/h2-37,39-42,63H,38H2,1H3. The van der Waals surface area contributed by atoms with Crippen LogP contribution in [0.1, 0.15) is 30.0 Å². The Morgan fingerprint density at radius 3 is 1.91 bits per heavy atom. The summed E-state index contributed by atoms with van der Waals surface area (Å²) in [6, 6.07) is 80.3. The van der Waals surface area contributed by atoms with Gasteiger partial charge >= 0.3 is 0 Å². The van der Waals surface area contributed by atoms with Gasteiger partial charge in [-0.05, 0) is 123 Å². The van der Waals surface area contributed by atoms with Gasteiger partial charge in [-0.1, -0.05) is 189 Å². The number of nitrogens with zero attached hydrogens (tertiary/aromatic N) is 1. The van der Waals surface area contributed by atoms with Gasteiger partial charge < -0.3 is 9.88 Å². The number of para-hydroxylation sites is 2. The zero-order valence-corrected chi connectivity index (χ0v) is 35.7. The van der Waals surface area contributed by atoms with E-state index in [0.29, 0.717) is 0 Å². The first-order chi connectivity index (χ1) is 31.6. The molecule has 0 aliphatic heterocycles. The molecule has 0 spiro atoms. The molecule has 10 aromatic rings. The number of nitrogens with one attached hydrogen (secondary N) is 1. The van der Waals surface area contributed by atoms with E-state index in [4.69, 9.17) is 0 Å². The number of hydrogen-bond donors (Lipinski definition) is 1. The Morgan fingerprint density at radius 2 is 1.08 bits per heavy atom. The summed E-state index contributed by atoms with van der Waals surface area (Å²) in [6.07, 6.45) is 10.2. The fraction of sp³-hybridized carbons (Fsp3) is 0.0645. The van der Waals surface area contributed by atoms with Crippen molar-refractivity contribution in [1.82, 2.24) is 4.57 Å². The lowest BCUT2D eigenvalue weighted by molar-refractivity contribution is 0.293. The van der Waals surface area contributed by atoms with Gasteiger partial charge in [0.2, 0.25) is 0 Å². The summed E-state index contributed by atoms with van der Waals surface area (Å²) >= 11 is 0. The van der Waals surface area contributed by atoms with Crippen molar-refractivity contribution < 1.29 is 0 Å². The van der Waals surface area contributed by atoms with Crippen LogP contribution in [0.2, 0.25) is 0 Å². The Balaban J connectivity index is 1.05. The van der Waals surface area contributed by atoms with Gasteiger partial charge in [0.1, 0.15) is 0 Å². The summed E-state index contributed by atoms with van der Waals surface area (Å²) in [6.45, 7) is 2.45. The average molecular weight is 819 g/mol. The highest BCUT2D eigenvalue weighted by atomic mass is 15.0. The van der Waals surface area contributed by atoms with Crippen molar-refractivity contribution in [2.45, 2.75) is 18.8 Å². The van der Waals surface area contributed by atoms with Crippen LogP contribution in [0.5, 0.6) is 0 Å². The summed E-state index contributed by atoms with van der Waals surface area (Å²) in [5, 5.41) is 6.39. The van der Waals surface area contributed by atoms with Gasteiger partial charge in [0.05, 0.1) is 16.4 Å². The minimum absolute atomic E-state index is 0.190.